The fourth-order valence-corrected chi connectivity index (χ4v) is 0.598. The lowest BCUT2D eigenvalue weighted by Gasteiger charge is -1.89. The molecule has 0 aromatic heterocycles. The smallest absolute Gasteiger partial charge is 0.114 e. The van der Waals surface area contributed by atoms with Gasteiger partial charge in [-0.05, 0) is 19.8 Å². The maximum atomic E-state index is 8.41. The molecule has 50 valence electrons. The van der Waals surface area contributed by atoms with Crippen LogP contribution in [0.25, 0.3) is 0 Å². The molecule has 0 aromatic carbocycles. The van der Waals surface area contributed by atoms with Crippen molar-refractivity contribution in [1.29, 1.82) is 5.26 Å². The predicted octanol–water partition coefficient (Wildman–Crippen LogP) is 1.77. The van der Waals surface area contributed by atoms with Crippen LogP contribution in [0.3, 0.4) is 0 Å². The largest absolute Gasteiger partial charge is 0.279 e. The Balaban J connectivity index is 3.71. The second kappa shape index (κ2) is 5.30. The summed E-state index contributed by atoms with van der Waals surface area (Å²) < 4.78 is 0. The van der Waals surface area contributed by atoms with E-state index in [4.69, 9.17) is 5.26 Å². The highest BCUT2D eigenvalue weighted by molar-refractivity contribution is 5.98. The van der Waals surface area contributed by atoms with Crippen LogP contribution in [0.2, 0.25) is 0 Å². The van der Waals surface area contributed by atoms with E-state index in [2.05, 4.69) is 11.1 Å². The number of hydrogen-bond donors (Lipinski definition) is 0. The third-order valence-corrected chi connectivity index (χ3v) is 0.965. The summed E-state index contributed by atoms with van der Waals surface area (Å²) in [6.07, 6.45) is 1.83. The molecule has 2 heteroatoms. The molecular formula is C7H12N2. The maximum Gasteiger partial charge on any atom is 0.114 e. The lowest BCUT2D eigenvalue weighted by molar-refractivity contribution is 0.981. The van der Waals surface area contributed by atoms with Gasteiger partial charge in [-0.2, -0.15) is 5.26 Å². The van der Waals surface area contributed by atoms with E-state index in [1.807, 2.05) is 13.8 Å². The molecule has 0 aliphatic rings. The predicted molar refractivity (Wildman–Crippen MR) is 38.5 cm³/mol. The summed E-state index contributed by atoms with van der Waals surface area (Å²) in [5, 5.41) is 8.41. The van der Waals surface area contributed by atoms with E-state index in [9.17, 15) is 0 Å². The second-order valence-corrected chi connectivity index (χ2v) is 1.78. The minimum atomic E-state index is 0.681. The summed E-state index contributed by atoms with van der Waals surface area (Å²) in [6, 6.07) is 2.05. The van der Waals surface area contributed by atoms with Gasteiger partial charge in [0.2, 0.25) is 0 Å². The van der Waals surface area contributed by atoms with Gasteiger partial charge < -0.3 is 0 Å². The van der Waals surface area contributed by atoms with Gasteiger partial charge in [0.25, 0.3) is 0 Å². The Kier molecular flexibility index (Phi) is 4.81. The normalized spacial score (nSPS) is 11.0. The molecule has 0 aromatic rings. The van der Waals surface area contributed by atoms with Gasteiger partial charge in [0.15, 0.2) is 0 Å². The molecule has 0 saturated heterocycles. The lowest BCUT2D eigenvalue weighted by atomic mass is 10.2. The average Bonchev–Trinajstić information content (AvgIpc) is 1.88. The van der Waals surface area contributed by atoms with Gasteiger partial charge in [-0.25, -0.2) is 0 Å². The zero-order valence-corrected chi connectivity index (χ0v) is 6.02. The van der Waals surface area contributed by atoms with Crippen molar-refractivity contribution in [2.24, 2.45) is 4.99 Å². The van der Waals surface area contributed by atoms with Gasteiger partial charge in [0.05, 0.1) is 0 Å². The number of aliphatic imine (C=N–C) groups is 1. The summed E-state index contributed by atoms with van der Waals surface area (Å²) in [5.41, 5.74) is 0.681. The van der Waals surface area contributed by atoms with Gasteiger partial charge in [-0.3, -0.25) is 4.99 Å². The molecule has 0 radical (unpaired) electrons. The maximum absolute atomic E-state index is 8.41. The van der Waals surface area contributed by atoms with E-state index in [0.29, 0.717) is 5.71 Å². The van der Waals surface area contributed by atoms with Crippen LogP contribution in [0.4, 0.5) is 0 Å². The standard InChI is InChI=1S/C7H12N2/c1-3-5-7(6-8)9-4-2/h3-5H2,1-2H3. The highest BCUT2D eigenvalue weighted by Gasteiger charge is 1.91. The van der Waals surface area contributed by atoms with Gasteiger partial charge >= 0.3 is 0 Å². The number of nitriles is 1. The van der Waals surface area contributed by atoms with Crippen molar-refractivity contribution in [2.75, 3.05) is 6.54 Å². The van der Waals surface area contributed by atoms with E-state index in [0.717, 1.165) is 19.4 Å². The van der Waals surface area contributed by atoms with Crippen molar-refractivity contribution in [3.8, 4) is 6.07 Å². The third kappa shape index (κ3) is 3.72. The van der Waals surface area contributed by atoms with E-state index >= 15 is 0 Å². The Morgan fingerprint density at radius 3 is 2.56 bits per heavy atom. The molecule has 0 atom stereocenters. The minimum absolute atomic E-state index is 0.681. The van der Waals surface area contributed by atoms with E-state index in [1.165, 1.54) is 0 Å². The van der Waals surface area contributed by atoms with Crippen molar-refractivity contribution < 1.29 is 0 Å². The summed E-state index contributed by atoms with van der Waals surface area (Å²) in [6.45, 7) is 4.71. The van der Waals surface area contributed by atoms with E-state index < -0.39 is 0 Å². The SMILES string of the molecule is CCCC(C#N)=NCC. The first-order chi connectivity index (χ1) is 4.35. The first-order valence-corrected chi connectivity index (χ1v) is 3.28. The van der Waals surface area contributed by atoms with Crippen LogP contribution in [-0.2, 0) is 0 Å². The van der Waals surface area contributed by atoms with Gasteiger partial charge in [0.1, 0.15) is 11.8 Å². The molecule has 9 heavy (non-hydrogen) atoms. The summed E-state index contributed by atoms with van der Waals surface area (Å²) in [5.74, 6) is 0. The van der Waals surface area contributed by atoms with Crippen LogP contribution < -0.4 is 0 Å². The van der Waals surface area contributed by atoms with Crippen LogP contribution in [0, 0.1) is 11.3 Å². The molecule has 0 heterocycles. The quantitative estimate of drug-likeness (QED) is 0.528. The van der Waals surface area contributed by atoms with Crippen LogP contribution in [0.5, 0.6) is 0 Å². The summed E-state index contributed by atoms with van der Waals surface area (Å²) in [7, 11) is 0. The molecule has 2 nitrogen and oxygen atoms in total. The average molecular weight is 124 g/mol. The van der Waals surface area contributed by atoms with Gasteiger partial charge in [0, 0.05) is 6.54 Å². The van der Waals surface area contributed by atoms with Crippen molar-refractivity contribution in [2.45, 2.75) is 26.7 Å². The van der Waals surface area contributed by atoms with Crippen molar-refractivity contribution in [3.63, 3.8) is 0 Å². The topological polar surface area (TPSA) is 36.1 Å². The highest BCUT2D eigenvalue weighted by atomic mass is 14.7. The van der Waals surface area contributed by atoms with E-state index in [-0.39, 0.29) is 0 Å². The molecule has 0 bridgehead atoms. The molecule has 0 aliphatic carbocycles. The zero-order valence-electron chi connectivity index (χ0n) is 6.02. The lowest BCUT2D eigenvalue weighted by Crippen LogP contribution is -1.92. The Hall–Kier alpha value is -0.840. The van der Waals surface area contributed by atoms with E-state index in [1.54, 1.807) is 0 Å². The summed E-state index contributed by atoms with van der Waals surface area (Å²) >= 11 is 0. The minimum Gasteiger partial charge on any atom is -0.279 e. The summed E-state index contributed by atoms with van der Waals surface area (Å²) in [4.78, 5) is 3.99. The molecule has 0 amide bonds. The molecule has 0 saturated carbocycles. The molecule has 0 aliphatic heterocycles. The Morgan fingerprint density at radius 1 is 1.56 bits per heavy atom. The molecule has 0 unspecified atom stereocenters. The Bertz CT molecular complexity index is 130. The molecular weight excluding hydrogens is 112 g/mol. The van der Waals surface area contributed by atoms with Crippen molar-refractivity contribution in [3.05, 3.63) is 0 Å². The number of rotatable bonds is 3. The first-order valence-electron chi connectivity index (χ1n) is 3.28. The fraction of sp³-hybridized carbons (Fsp3) is 0.714. The monoisotopic (exact) mass is 124 g/mol. The molecule has 0 spiro atoms. The fourth-order valence-electron chi connectivity index (χ4n) is 0.598. The highest BCUT2D eigenvalue weighted by Crippen LogP contribution is 1.90. The molecule has 0 fully saturated rings. The number of nitrogens with zero attached hydrogens (tertiary/aromatic N) is 2. The second-order valence-electron chi connectivity index (χ2n) is 1.78. The van der Waals surface area contributed by atoms with Crippen molar-refractivity contribution >= 4 is 5.71 Å². The molecule has 0 N–H and O–H groups in total. The third-order valence-electron chi connectivity index (χ3n) is 0.965. The van der Waals surface area contributed by atoms with Crippen LogP contribution >= 0.6 is 0 Å². The number of hydrogen-bond acceptors (Lipinski definition) is 2. The molecule has 0 rings (SSSR count). The van der Waals surface area contributed by atoms with Crippen LogP contribution in [-0.4, -0.2) is 12.3 Å². The van der Waals surface area contributed by atoms with Gasteiger partial charge in [-0.1, -0.05) is 6.92 Å². The van der Waals surface area contributed by atoms with Gasteiger partial charge in [-0.15, -0.1) is 0 Å². The Labute approximate surface area is 56.2 Å². The Morgan fingerprint density at radius 2 is 2.22 bits per heavy atom. The van der Waals surface area contributed by atoms with Crippen molar-refractivity contribution in [1.82, 2.24) is 0 Å². The zero-order chi connectivity index (χ0) is 7.11. The van der Waals surface area contributed by atoms with Crippen LogP contribution in [0.15, 0.2) is 4.99 Å². The van der Waals surface area contributed by atoms with Crippen LogP contribution in [0.1, 0.15) is 26.7 Å². The first kappa shape index (κ1) is 8.16.